The molecule has 0 spiro atoms. The van der Waals surface area contributed by atoms with Gasteiger partial charge in [0.1, 0.15) is 0 Å². The van der Waals surface area contributed by atoms with Gasteiger partial charge in [0.15, 0.2) is 0 Å². The molecule has 5 nitrogen and oxygen atoms in total. The third kappa shape index (κ3) is 3.13. The van der Waals surface area contributed by atoms with Crippen LogP contribution in [-0.2, 0) is 4.74 Å². The first kappa shape index (κ1) is 17.5. The second-order valence-electron chi connectivity index (χ2n) is 5.76. The Kier molecular flexibility index (Phi) is 4.54. The van der Waals surface area contributed by atoms with E-state index >= 15 is 0 Å². The van der Waals surface area contributed by atoms with Crippen LogP contribution in [0.25, 0.3) is 0 Å². The number of amides is 2. The van der Waals surface area contributed by atoms with Crippen LogP contribution in [0.5, 0.6) is 0 Å². The number of ether oxygens (including phenoxy) is 1. The van der Waals surface area contributed by atoms with Crippen LogP contribution in [0, 0.1) is 0 Å². The fraction of sp³-hybridized carbons (Fsp3) is 0.167. The zero-order valence-electron chi connectivity index (χ0n) is 13.4. The standard InChI is InChI=1S/C18H13Cl2NO4/c1-9(2)25-18(24)10-3-5-12-13(7-10)17(23)21(16(12)22)11-4-6-14(19)15(20)8-11/h3-9H,1-2H3. The van der Waals surface area contributed by atoms with Crippen LogP contribution in [0.2, 0.25) is 10.0 Å². The van der Waals surface area contributed by atoms with Crippen molar-refractivity contribution in [3.8, 4) is 0 Å². The Bertz CT molecular complexity index is 908. The highest BCUT2D eigenvalue weighted by Gasteiger charge is 2.37. The number of anilines is 1. The van der Waals surface area contributed by atoms with Gasteiger partial charge in [-0.2, -0.15) is 0 Å². The molecule has 128 valence electrons. The average Bonchev–Trinajstić information content (AvgIpc) is 2.80. The van der Waals surface area contributed by atoms with Crippen molar-refractivity contribution in [2.75, 3.05) is 4.90 Å². The molecule has 0 atom stereocenters. The lowest BCUT2D eigenvalue weighted by Crippen LogP contribution is -2.29. The van der Waals surface area contributed by atoms with Crippen LogP contribution in [0.1, 0.15) is 44.9 Å². The molecule has 1 aliphatic heterocycles. The molecule has 2 aromatic carbocycles. The zero-order valence-corrected chi connectivity index (χ0v) is 14.9. The molecule has 0 unspecified atom stereocenters. The SMILES string of the molecule is CC(C)OC(=O)c1ccc2c(c1)C(=O)N(c1ccc(Cl)c(Cl)c1)C2=O. The van der Waals surface area contributed by atoms with E-state index in [2.05, 4.69) is 0 Å². The monoisotopic (exact) mass is 377 g/mol. The van der Waals surface area contributed by atoms with Crippen LogP contribution < -0.4 is 4.90 Å². The van der Waals surface area contributed by atoms with Crippen molar-refractivity contribution >= 4 is 46.7 Å². The van der Waals surface area contributed by atoms with Crippen molar-refractivity contribution in [3.05, 3.63) is 63.1 Å². The lowest BCUT2D eigenvalue weighted by molar-refractivity contribution is 0.0377. The summed E-state index contributed by atoms with van der Waals surface area (Å²) in [6.07, 6.45) is -0.286. The number of carbonyl (C=O) groups excluding carboxylic acids is 3. The topological polar surface area (TPSA) is 63.7 Å². The van der Waals surface area contributed by atoms with Gasteiger partial charge in [0.2, 0.25) is 0 Å². The van der Waals surface area contributed by atoms with Crippen molar-refractivity contribution in [1.82, 2.24) is 0 Å². The highest BCUT2D eigenvalue weighted by molar-refractivity contribution is 6.42. The smallest absolute Gasteiger partial charge is 0.338 e. The summed E-state index contributed by atoms with van der Waals surface area (Å²) in [5, 5.41) is 0.553. The maximum atomic E-state index is 12.7. The number of nitrogens with zero attached hydrogens (tertiary/aromatic N) is 1. The van der Waals surface area contributed by atoms with Gasteiger partial charge in [-0.25, -0.2) is 9.69 Å². The molecule has 7 heteroatoms. The van der Waals surface area contributed by atoms with E-state index in [-0.39, 0.29) is 27.8 Å². The number of esters is 1. The van der Waals surface area contributed by atoms with E-state index in [0.29, 0.717) is 10.7 Å². The molecule has 2 amide bonds. The summed E-state index contributed by atoms with van der Waals surface area (Å²) in [6, 6.07) is 8.77. The van der Waals surface area contributed by atoms with Crippen LogP contribution in [0.4, 0.5) is 5.69 Å². The Morgan fingerprint density at radius 3 is 2.28 bits per heavy atom. The van der Waals surface area contributed by atoms with Crippen molar-refractivity contribution in [1.29, 1.82) is 0 Å². The van der Waals surface area contributed by atoms with Gasteiger partial charge < -0.3 is 4.74 Å². The van der Waals surface area contributed by atoms with Crippen LogP contribution in [0.3, 0.4) is 0 Å². The Hall–Kier alpha value is -2.37. The molecule has 0 N–H and O–H groups in total. The molecule has 0 saturated heterocycles. The maximum Gasteiger partial charge on any atom is 0.338 e. The molecule has 2 aromatic rings. The van der Waals surface area contributed by atoms with Gasteiger partial charge in [0.05, 0.1) is 38.5 Å². The summed E-state index contributed by atoms with van der Waals surface area (Å²) in [6.45, 7) is 3.46. The Labute approximate surface area is 154 Å². The lowest BCUT2D eigenvalue weighted by atomic mass is 10.1. The average molecular weight is 378 g/mol. The van der Waals surface area contributed by atoms with E-state index in [0.717, 1.165) is 4.90 Å². The van der Waals surface area contributed by atoms with Gasteiger partial charge in [-0.1, -0.05) is 23.2 Å². The van der Waals surface area contributed by atoms with E-state index in [9.17, 15) is 14.4 Å². The molecular weight excluding hydrogens is 365 g/mol. The fourth-order valence-electron chi connectivity index (χ4n) is 2.51. The first-order valence-corrected chi connectivity index (χ1v) is 8.24. The van der Waals surface area contributed by atoms with E-state index in [4.69, 9.17) is 27.9 Å². The van der Waals surface area contributed by atoms with Gasteiger partial charge in [-0.15, -0.1) is 0 Å². The highest BCUT2D eigenvalue weighted by atomic mass is 35.5. The predicted molar refractivity (Wildman–Crippen MR) is 94.6 cm³/mol. The molecule has 25 heavy (non-hydrogen) atoms. The third-order valence-electron chi connectivity index (χ3n) is 3.63. The minimum atomic E-state index is -0.550. The first-order chi connectivity index (χ1) is 11.8. The molecule has 0 saturated carbocycles. The zero-order chi connectivity index (χ0) is 18.3. The molecule has 1 heterocycles. The van der Waals surface area contributed by atoms with Gasteiger partial charge in [-0.05, 0) is 50.2 Å². The molecular formula is C18H13Cl2NO4. The van der Waals surface area contributed by atoms with Crippen molar-refractivity contribution < 1.29 is 19.1 Å². The summed E-state index contributed by atoms with van der Waals surface area (Å²) in [7, 11) is 0. The molecule has 0 fully saturated rings. The van der Waals surface area contributed by atoms with Crippen LogP contribution in [-0.4, -0.2) is 23.9 Å². The number of rotatable bonds is 3. The molecule has 0 aromatic heterocycles. The van der Waals surface area contributed by atoms with Crippen LogP contribution >= 0.6 is 23.2 Å². The largest absolute Gasteiger partial charge is 0.459 e. The fourth-order valence-corrected chi connectivity index (χ4v) is 2.80. The second kappa shape index (κ2) is 6.50. The Morgan fingerprint density at radius 1 is 0.960 bits per heavy atom. The minimum absolute atomic E-state index is 0.147. The van der Waals surface area contributed by atoms with Crippen molar-refractivity contribution in [3.63, 3.8) is 0 Å². The number of imide groups is 1. The Morgan fingerprint density at radius 2 is 1.64 bits per heavy atom. The van der Waals surface area contributed by atoms with Gasteiger partial charge in [0, 0.05) is 0 Å². The summed E-state index contributed by atoms with van der Waals surface area (Å²) >= 11 is 11.8. The summed E-state index contributed by atoms with van der Waals surface area (Å²) in [4.78, 5) is 38.3. The summed E-state index contributed by atoms with van der Waals surface area (Å²) < 4.78 is 5.12. The van der Waals surface area contributed by atoms with Gasteiger partial charge >= 0.3 is 5.97 Å². The van der Waals surface area contributed by atoms with Crippen molar-refractivity contribution in [2.24, 2.45) is 0 Å². The summed E-state index contributed by atoms with van der Waals surface area (Å²) in [5.41, 5.74) is 0.892. The number of hydrogen-bond acceptors (Lipinski definition) is 4. The number of fused-ring (bicyclic) bond motifs is 1. The molecule has 0 aliphatic carbocycles. The number of hydrogen-bond donors (Lipinski definition) is 0. The van der Waals surface area contributed by atoms with E-state index in [1.54, 1.807) is 13.8 Å². The van der Waals surface area contributed by atoms with E-state index < -0.39 is 17.8 Å². The highest BCUT2D eigenvalue weighted by Crippen LogP contribution is 2.33. The quantitative estimate of drug-likeness (QED) is 0.588. The second-order valence-corrected chi connectivity index (χ2v) is 6.57. The molecule has 1 aliphatic rings. The van der Waals surface area contributed by atoms with Gasteiger partial charge in [0.25, 0.3) is 11.8 Å². The molecule has 3 rings (SSSR count). The molecule has 0 bridgehead atoms. The normalized spacial score (nSPS) is 13.4. The Balaban J connectivity index is 1.99. The van der Waals surface area contributed by atoms with E-state index in [1.165, 1.54) is 36.4 Å². The predicted octanol–water partition coefficient (Wildman–Crippen LogP) is 4.36. The third-order valence-corrected chi connectivity index (χ3v) is 4.37. The number of carbonyl (C=O) groups is 3. The number of halogens is 2. The van der Waals surface area contributed by atoms with Crippen LogP contribution in [0.15, 0.2) is 36.4 Å². The van der Waals surface area contributed by atoms with E-state index in [1.807, 2.05) is 0 Å². The van der Waals surface area contributed by atoms with Gasteiger partial charge in [-0.3, -0.25) is 9.59 Å². The first-order valence-electron chi connectivity index (χ1n) is 7.48. The number of benzene rings is 2. The molecule has 0 radical (unpaired) electrons. The minimum Gasteiger partial charge on any atom is -0.459 e. The van der Waals surface area contributed by atoms with Crippen molar-refractivity contribution in [2.45, 2.75) is 20.0 Å². The summed E-state index contributed by atoms with van der Waals surface area (Å²) in [5.74, 6) is -1.56. The maximum absolute atomic E-state index is 12.7. The lowest BCUT2D eigenvalue weighted by Gasteiger charge is -2.14.